The van der Waals surface area contributed by atoms with Crippen LogP contribution in [0, 0.1) is 11.3 Å². The predicted octanol–water partition coefficient (Wildman–Crippen LogP) is 2.65. The van der Waals surface area contributed by atoms with Gasteiger partial charge in [-0.25, -0.2) is 9.00 Å². The van der Waals surface area contributed by atoms with Crippen LogP contribution in [0.4, 0.5) is 11.4 Å². The maximum absolute atomic E-state index is 13.1. The first kappa shape index (κ1) is 22.9. The zero-order valence-corrected chi connectivity index (χ0v) is 19.2. The number of nitrogens with two attached hydrogens (primary N) is 1. The Morgan fingerprint density at radius 1 is 1.39 bits per heavy atom. The van der Waals surface area contributed by atoms with Crippen LogP contribution in [0.25, 0.3) is 0 Å². The molecule has 31 heavy (non-hydrogen) atoms. The number of quaternary nitrogens is 1. The number of hydrogen-bond donors (Lipinski definition) is 5. The fourth-order valence-electron chi connectivity index (χ4n) is 2.97. The minimum atomic E-state index is -1.77. The van der Waals surface area contributed by atoms with Crippen LogP contribution >= 0.6 is 11.3 Å². The molecule has 8 nitrogen and oxygen atoms in total. The molecule has 6 N–H and O–H groups in total. The number of nitrogens with zero attached hydrogens (tertiary/aromatic N) is 1. The molecule has 0 saturated carbocycles. The van der Waals surface area contributed by atoms with Gasteiger partial charge in [-0.1, -0.05) is 19.9 Å². The Balaban J connectivity index is 2.00. The maximum Gasteiger partial charge on any atom is 0.350 e. The smallest absolute Gasteiger partial charge is 0.350 e. The van der Waals surface area contributed by atoms with Gasteiger partial charge in [0.05, 0.1) is 22.0 Å². The quantitative estimate of drug-likeness (QED) is 0.235. The van der Waals surface area contributed by atoms with Crippen molar-refractivity contribution in [2.24, 2.45) is 10.3 Å². The van der Waals surface area contributed by atoms with E-state index in [1.807, 2.05) is 0 Å². The number of thiophene rings is 1. The van der Waals surface area contributed by atoms with E-state index < -0.39 is 22.7 Å². The van der Waals surface area contributed by atoms with Crippen LogP contribution in [0.5, 0.6) is 0 Å². The van der Waals surface area contributed by atoms with Crippen LogP contribution in [0.1, 0.15) is 25.1 Å². The van der Waals surface area contributed by atoms with Crippen LogP contribution in [0.15, 0.2) is 56.3 Å². The van der Waals surface area contributed by atoms with Crippen LogP contribution < -0.4 is 16.0 Å². The minimum Gasteiger partial charge on any atom is -0.505 e. The van der Waals surface area contributed by atoms with Gasteiger partial charge in [0.25, 0.3) is 0 Å². The van der Waals surface area contributed by atoms with Crippen molar-refractivity contribution in [3.8, 4) is 0 Å². The molecule has 2 aromatic rings. The van der Waals surface area contributed by atoms with Crippen molar-refractivity contribution in [1.82, 2.24) is 0 Å². The van der Waals surface area contributed by atoms with E-state index in [-0.39, 0.29) is 17.1 Å². The number of anilines is 2. The lowest BCUT2D eigenvalue weighted by Crippen LogP contribution is -2.89. The molecule has 2 heterocycles. The first-order valence-corrected chi connectivity index (χ1v) is 11.8. The molecule has 1 aliphatic rings. The molecule has 0 fully saturated rings. The number of fused-ring (bicyclic) bond motifs is 1. The van der Waals surface area contributed by atoms with Gasteiger partial charge in [-0.3, -0.25) is 10.7 Å². The number of aliphatic hydroxyl groups is 1. The lowest BCUT2D eigenvalue weighted by molar-refractivity contribution is -0.565. The monoisotopic (exact) mass is 460 g/mol. The minimum absolute atomic E-state index is 0.00681. The average molecular weight is 461 g/mol. The van der Waals surface area contributed by atoms with Gasteiger partial charge in [0.15, 0.2) is 28.2 Å². The molecule has 0 saturated heterocycles. The lowest BCUT2D eigenvalue weighted by Gasteiger charge is -2.19. The standard InChI is InChI=1S/C21H25N5O3S2/c1-12(2)8-9-24-21(28)17(19(27)18(22)15-5-4-10-30-15)20-25-14-7-6-13(23-3)11-16(14)31(29)26-20/h4-7,10-12,22-23,27H,8-9H2,1-3H3,(H,24,28)(H,25,26)/p+1. The summed E-state index contributed by atoms with van der Waals surface area (Å²) in [5, 5.41) is 28.5. The number of benzene rings is 1. The highest BCUT2D eigenvalue weighted by Crippen LogP contribution is 2.29. The van der Waals surface area contributed by atoms with Crippen molar-refractivity contribution in [2.45, 2.75) is 25.2 Å². The van der Waals surface area contributed by atoms with Crippen molar-refractivity contribution in [2.75, 3.05) is 24.2 Å². The summed E-state index contributed by atoms with van der Waals surface area (Å²) in [7, 11) is -0.00730. The second-order valence-corrected chi connectivity index (χ2v) is 9.46. The van der Waals surface area contributed by atoms with E-state index in [4.69, 9.17) is 5.41 Å². The Kier molecular flexibility index (Phi) is 7.37. The van der Waals surface area contributed by atoms with Gasteiger partial charge in [0.1, 0.15) is 5.71 Å². The zero-order chi connectivity index (χ0) is 22.5. The second kappa shape index (κ2) is 9.99. The summed E-state index contributed by atoms with van der Waals surface area (Å²) in [6.45, 7) is 4.65. The predicted molar refractivity (Wildman–Crippen MR) is 126 cm³/mol. The normalized spacial score (nSPS) is 16.1. The van der Waals surface area contributed by atoms with E-state index in [0.29, 0.717) is 27.9 Å². The number of primary amides is 1. The molecule has 1 amide bonds. The Hall–Kier alpha value is -2.82. The Morgan fingerprint density at radius 2 is 2.16 bits per heavy atom. The molecule has 0 spiro atoms. The number of allylic oxidation sites excluding steroid dienone is 1. The Morgan fingerprint density at radius 3 is 2.81 bits per heavy atom. The van der Waals surface area contributed by atoms with Gasteiger partial charge in [-0.05, 0) is 42.0 Å². The second-order valence-electron chi connectivity index (χ2n) is 7.39. The molecule has 0 radical (unpaired) electrons. The topological polar surface area (TPSA) is 131 Å². The molecule has 0 aliphatic carbocycles. The van der Waals surface area contributed by atoms with Crippen LogP contribution in [-0.4, -0.2) is 40.4 Å². The first-order valence-electron chi connectivity index (χ1n) is 9.85. The molecule has 1 aliphatic heterocycles. The summed E-state index contributed by atoms with van der Waals surface area (Å²) in [5.74, 6) is -0.544. The van der Waals surface area contributed by atoms with Gasteiger partial charge >= 0.3 is 5.91 Å². The number of nitrogens with one attached hydrogen (secondary N) is 3. The number of carbonyl (C=O) groups excluding carboxylic acids is 1. The van der Waals surface area contributed by atoms with Crippen molar-refractivity contribution in [3.05, 3.63) is 51.9 Å². The van der Waals surface area contributed by atoms with Crippen molar-refractivity contribution in [1.29, 1.82) is 5.41 Å². The largest absolute Gasteiger partial charge is 0.505 e. The van der Waals surface area contributed by atoms with Gasteiger partial charge in [-0.2, -0.15) is 4.40 Å². The number of carbonyl (C=O) groups is 1. The number of rotatable bonds is 8. The molecular formula is C21H26N5O3S2+. The number of amidine groups is 1. The average Bonchev–Trinajstić information content (AvgIpc) is 3.27. The fraction of sp³-hybridized carbons (Fsp3) is 0.286. The van der Waals surface area contributed by atoms with Crippen molar-refractivity contribution in [3.63, 3.8) is 0 Å². The van der Waals surface area contributed by atoms with E-state index in [0.717, 1.165) is 12.1 Å². The first-order chi connectivity index (χ1) is 14.8. The van der Waals surface area contributed by atoms with Crippen molar-refractivity contribution < 1.29 is 19.4 Å². The highest BCUT2D eigenvalue weighted by molar-refractivity contribution is 7.84. The number of hydrogen-bond acceptors (Lipinski definition) is 7. The fourth-order valence-corrected chi connectivity index (χ4v) is 4.59. The highest BCUT2D eigenvalue weighted by Gasteiger charge is 2.31. The van der Waals surface area contributed by atoms with Crippen molar-refractivity contribution >= 4 is 51.2 Å². The molecule has 1 aromatic heterocycles. The summed E-state index contributed by atoms with van der Waals surface area (Å²) in [5.41, 5.74) is 0.982. The van der Waals surface area contributed by atoms with E-state index in [1.165, 1.54) is 16.7 Å². The third-order valence-corrected chi connectivity index (χ3v) is 6.63. The van der Waals surface area contributed by atoms with Crippen LogP contribution in [0.3, 0.4) is 0 Å². The molecule has 3 rings (SSSR count). The molecule has 1 atom stereocenters. The number of amides is 1. The van der Waals surface area contributed by atoms with E-state index >= 15 is 0 Å². The van der Waals surface area contributed by atoms with Gasteiger partial charge < -0.3 is 15.7 Å². The van der Waals surface area contributed by atoms with E-state index in [2.05, 4.69) is 28.9 Å². The molecule has 1 unspecified atom stereocenters. The van der Waals surface area contributed by atoms with E-state index in [1.54, 1.807) is 42.8 Å². The summed E-state index contributed by atoms with van der Waals surface area (Å²) in [4.78, 5) is 14.0. The van der Waals surface area contributed by atoms with Crippen LogP contribution in [-0.2, 0) is 15.8 Å². The Bertz CT molecular complexity index is 1070. The van der Waals surface area contributed by atoms with E-state index in [9.17, 15) is 14.1 Å². The zero-order valence-electron chi connectivity index (χ0n) is 17.6. The highest BCUT2D eigenvalue weighted by atomic mass is 32.2. The summed E-state index contributed by atoms with van der Waals surface area (Å²) < 4.78 is 16.9. The van der Waals surface area contributed by atoms with Gasteiger partial charge in [-0.15, -0.1) is 11.3 Å². The van der Waals surface area contributed by atoms with Crippen LogP contribution in [0.2, 0.25) is 0 Å². The number of aliphatic hydroxyl groups excluding tert-OH is 1. The summed E-state index contributed by atoms with van der Waals surface area (Å²) in [6.07, 6.45) is 0.809. The molecule has 1 aromatic carbocycles. The third-order valence-electron chi connectivity index (χ3n) is 4.68. The molecule has 164 valence electrons. The van der Waals surface area contributed by atoms with Gasteiger partial charge in [0, 0.05) is 12.7 Å². The maximum atomic E-state index is 13.1. The Labute approximate surface area is 187 Å². The SMILES string of the molecule is CNc1ccc2c(c1)S(=O)N=C(C(C(=O)[NH2+]CCC(C)C)=C(O)C(=N)c1cccs1)N2. The molecule has 0 bridgehead atoms. The van der Waals surface area contributed by atoms with Gasteiger partial charge in [0.2, 0.25) is 0 Å². The summed E-state index contributed by atoms with van der Waals surface area (Å²) >= 11 is 1.28. The summed E-state index contributed by atoms with van der Waals surface area (Å²) in [6, 6.07) is 8.71. The third kappa shape index (κ3) is 5.27. The lowest BCUT2D eigenvalue weighted by atomic mass is 10.1. The molecular weight excluding hydrogens is 434 g/mol. The molecule has 10 heteroatoms.